The van der Waals surface area contributed by atoms with Crippen LogP contribution in [0.2, 0.25) is 0 Å². The molecule has 0 unspecified atom stereocenters. The zero-order chi connectivity index (χ0) is 20.8. The van der Waals surface area contributed by atoms with Crippen molar-refractivity contribution in [2.75, 3.05) is 5.75 Å². The number of aromatic nitrogens is 5. The summed E-state index contributed by atoms with van der Waals surface area (Å²) in [7, 11) is 0. The molecule has 0 aliphatic heterocycles. The van der Waals surface area contributed by atoms with Gasteiger partial charge in [-0.3, -0.25) is 9.20 Å². The number of H-pyrrole nitrogens is 1. The lowest BCUT2D eigenvalue weighted by atomic mass is 10.2. The Hall–Kier alpha value is -3.39. The van der Waals surface area contributed by atoms with Crippen molar-refractivity contribution in [1.29, 1.82) is 0 Å². The molecule has 3 heterocycles. The van der Waals surface area contributed by atoms with Gasteiger partial charge in [0.05, 0.1) is 22.5 Å². The number of rotatable bonds is 5. The van der Waals surface area contributed by atoms with E-state index in [9.17, 15) is 9.18 Å². The molecule has 1 N–H and O–H groups in total. The van der Waals surface area contributed by atoms with Crippen LogP contribution in [0, 0.1) is 19.7 Å². The van der Waals surface area contributed by atoms with E-state index >= 15 is 0 Å². The molecule has 0 aliphatic carbocycles. The number of halogens is 1. The molecular weight excluding hydrogens is 401 g/mol. The van der Waals surface area contributed by atoms with Gasteiger partial charge < -0.3 is 4.57 Å². The Morgan fingerprint density at radius 3 is 2.73 bits per heavy atom. The number of aryl methyl sites for hydroxylation is 1. The predicted octanol–water partition coefficient (Wildman–Crippen LogP) is 4.73. The maximum atomic E-state index is 14.3. The van der Waals surface area contributed by atoms with Crippen LogP contribution in [0.25, 0.3) is 22.5 Å². The molecule has 0 saturated heterocycles. The van der Waals surface area contributed by atoms with Gasteiger partial charge in [-0.2, -0.15) is 0 Å². The Kier molecular flexibility index (Phi) is 4.43. The molecule has 0 amide bonds. The minimum Gasteiger partial charge on any atom is -0.315 e. The first-order valence-electron chi connectivity index (χ1n) is 9.46. The number of hydrogen-bond acceptors (Lipinski definition) is 4. The van der Waals surface area contributed by atoms with Crippen LogP contribution in [0.1, 0.15) is 21.7 Å². The summed E-state index contributed by atoms with van der Waals surface area (Å²) in [6.07, 6.45) is 0. The highest BCUT2D eigenvalue weighted by Gasteiger charge is 2.20. The molecule has 0 fully saturated rings. The number of carbonyl (C=O) groups is 1. The van der Waals surface area contributed by atoms with Gasteiger partial charge in [-0.25, -0.2) is 14.5 Å². The van der Waals surface area contributed by atoms with Crippen molar-refractivity contribution in [2.45, 2.75) is 19.0 Å². The smallest absolute Gasteiger partial charge is 0.231 e. The zero-order valence-electron chi connectivity index (χ0n) is 16.4. The van der Waals surface area contributed by atoms with E-state index in [-0.39, 0.29) is 17.4 Å². The van der Waals surface area contributed by atoms with Crippen LogP contribution in [-0.2, 0) is 0 Å². The molecule has 5 rings (SSSR count). The summed E-state index contributed by atoms with van der Waals surface area (Å²) in [5.41, 5.74) is 4.38. The van der Waals surface area contributed by atoms with Crippen LogP contribution in [0.15, 0.2) is 59.8 Å². The molecule has 8 heteroatoms. The highest BCUT2D eigenvalue weighted by atomic mass is 32.2. The third-order valence-electron chi connectivity index (χ3n) is 5.16. The fourth-order valence-corrected chi connectivity index (χ4v) is 4.64. The van der Waals surface area contributed by atoms with Gasteiger partial charge in [-0.15, -0.1) is 5.10 Å². The van der Waals surface area contributed by atoms with E-state index in [0.717, 1.165) is 22.4 Å². The number of thioether (sulfide) groups is 1. The van der Waals surface area contributed by atoms with E-state index in [1.54, 1.807) is 22.8 Å². The van der Waals surface area contributed by atoms with Crippen LogP contribution in [0.3, 0.4) is 0 Å². The van der Waals surface area contributed by atoms with E-state index in [1.807, 2.05) is 48.6 Å². The van der Waals surface area contributed by atoms with E-state index in [1.165, 1.54) is 17.8 Å². The van der Waals surface area contributed by atoms with Gasteiger partial charge in [0.1, 0.15) is 5.82 Å². The molecule has 0 radical (unpaired) electrons. The summed E-state index contributed by atoms with van der Waals surface area (Å²) in [5, 5.41) is 7.90. The highest BCUT2D eigenvalue weighted by Crippen LogP contribution is 2.26. The first kappa shape index (κ1) is 18.6. The van der Waals surface area contributed by atoms with Crippen molar-refractivity contribution in [1.82, 2.24) is 24.1 Å². The minimum atomic E-state index is -0.321. The molecule has 0 spiro atoms. The molecule has 5 aromatic rings. The number of ketones is 1. The summed E-state index contributed by atoms with van der Waals surface area (Å²) in [4.78, 5) is 17.5. The van der Waals surface area contributed by atoms with Crippen LogP contribution in [0.4, 0.5) is 4.39 Å². The van der Waals surface area contributed by atoms with E-state index in [2.05, 4.69) is 15.2 Å². The molecule has 0 aliphatic rings. The maximum Gasteiger partial charge on any atom is 0.231 e. The summed E-state index contributed by atoms with van der Waals surface area (Å²) < 4.78 is 18.0. The summed E-state index contributed by atoms with van der Waals surface area (Å²) in [6.45, 7) is 3.71. The SMILES string of the molecule is Cc1cc(C(=O)CSc2n[nH]c3nc4ccccc4n23)c(C)n1-c1ccccc1F. The van der Waals surface area contributed by atoms with Gasteiger partial charge in [0, 0.05) is 17.0 Å². The third-order valence-corrected chi connectivity index (χ3v) is 6.10. The molecule has 150 valence electrons. The Morgan fingerprint density at radius 1 is 1.13 bits per heavy atom. The third kappa shape index (κ3) is 2.91. The summed E-state index contributed by atoms with van der Waals surface area (Å²) >= 11 is 1.35. The van der Waals surface area contributed by atoms with Gasteiger partial charge in [0.2, 0.25) is 5.78 Å². The average Bonchev–Trinajstić information content (AvgIpc) is 3.39. The second-order valence-electron chi connectivity index (χ2n) is 7.05. The van der Waals surface area contributed by atoms with Gasteiger partial charge in [0.25, 0.3) is 0 Å². The standard InChI is InChI=1S/C22H18FN5OS/c1-13-11-15(14(2)27(13)18-9-5-3-7-16(18)23)20(29)12-30-22-26-25-21-24-17-8-4-6-10-19(17)28(21)22/h3-11H,12H2,1-2H3,(H,24,25). The van der Waals surface area contributed by atoms with E-state index in [0.29, 0.717) is 22.2 Å². The number of imidazole rings is 1. The number of fused-ring (bicyclic) bond motifs is 3. The fraction of sp³-hybridized carbons (Fsp3) is 0.136. The number of aromatic amines is 1. The Morgan fingerprint density at radius 2 is 1.90 bits per heavy atom. The number of hydrogen-bond donors (Lipinski definition) is 1. The summed E-state index contributed by atoms with van der Waals surface area (Å²) in [5.74, 6) is 0.507. The minimum absolute atomic E-state index is 0.0312. The molecule has 0 bridgehead atoms. The number of benzene rings is 2. The average molecular weight is 419 g/mol. The number of para-hydroxylation sites is 3. The molecule has 0 atom stereocenters. The Balaban J connectivity index is 1.44. The van der Waals surface area contributed by atoms with Crippen molar-refractivity contribution in [3.05, 3.63) is 77.4 Å². The number of nitrogens with one attached hydrogen (secondary N) is 1. The molecule has 0 saturated carbocycles. The van der Waals surface area contributed by atoms with Crippen molar-refractivity contribution in [3.63, 3.8) is 0 Å². The number of carbonyl (C=O) groups excluding carboxylic acids is 1. The van der Waals surface area contributed by atoms with Crippen molar-refractivity contribution < 1.29 is 9.18 Å². The first-order chi connectivity index (χ1) is 14.5. The lowest BCUT2D eigenvalue weighted by Crippen LogP contribution is -2.07. The zero-order valence-corrected chi connectivity index (χ0v) is 17.2. The van der Waals surface area contributed by atoms with Crippen LogP contribution in [0.5, 0.6) is 0 Å². The lowest BCUT2D eigenvalue weighted by molar-refractivity contribution is 0.102. The first-order valence-corrected chi connectivity index (χ1v) is 10.4. The van der Waals surface area contributed by atoms with Gasteiger partial charge >= 0.3 is 0 Å². The molecular formula is C22H18FN5OS. The van der Waals surface area contributed by atoms with Gasteiger partial charge in [-0.1, -0.05) is 36.0 Å². The molecule has 2 aromatic carbocycles. The Bertz CT molecular complexity index is 1410. The quantitative estimate of drug-likeness (QED) is 0.330. The van der Waals surface area contributed by atoms with E-state index < -0.39 is 0 Å². The van der Waals surface area contributed by atoms with Crippen LogP contribution < -0.4 is 0 Å². The maximum absolute atomic E-state index is 14.3. The second-order valence-corrected chi connectivity index (χ2v) is 7.99. The summed E-state index contributed by atoms with van der Waals surface area (Å²) in [6, 6.07) is 16.2. The second kappa shape index (κ2) is 7.14. The number of Topliss-reactive ketones (excluding diaryl/α,β-unsaturated/α-hetero) is 1. The predicted molar refractivity (Wildman–Crippen MR) is 115 cm³/mol. The Labute approximate surface area is 175 Å². The van der Waals surface area contributed by atoms with E-state index in [4.69, 9.17) is 0 Å². The van der Waals surface area contributed by atoms with Crippen molar-refractivity contribution in [2.24, 2.45) is 0 Å². The normalized spacial score (nSPS) is 11.6. The topological polar surface area (TPSA) is 68.0 Å². The van der Waals surface area contributed by atoms with Crippen molar-refractivity contribution >= 4 is 34.4 Å². The fourth-order valence-electron chi connectivity index (χ4n) is 3.80. The number of nitrogens with zero attached hydrogens (tertiary/aromatic N) is 4. The van der Waals surface area contributed by atoms with Crippen LogP contribution >= 0.6 is 11.8 Å². The van der Waals surface area contributed by atoms with Gasteiger partial charge in [-0.05, 0) is 44.2 Å². The van der Waals surface area contributed by atoms with Gasteiger partial charge in [0.15, 0.2) is 10.9 Å². The molecule has 30 heavy (non-hydrogen) atoms. The highest BCUT2D eigenvalue weighted by molar-refractivity contribution is 7.99. The lowest BCUT2D eigenvalue weighted by Gasteiger charge is -2.10. The molecule has 3 aromatic heterocycles. The van der Waals surface area contributed by atoms with Crippen molar-refractivity contribution in [3.8, 4) is 5.69 Å². The molecule has 6 nitrogen and oxygen atoms in total. The largest absolute Gasteiger partial charge is 0.315 e. The monoisotopic (exact) mass is 419 g/mol. The van der Waals surface area contributed by atoms with Crippen LogP contribution in [-0.4, -0.2) is 35.7 Å².